The van der Waals surface area contributed by atoms with Gasteiger partial charge in [-0.3, -0.25) is 10.2 Å². The summed E-state index contributed by atoms with van der Waals surface area (Å²) >= 11 is 0. The Morgan fingerprint density at radius 1 is 0.720 bits per heavy atom. The van der Waals surface area contributed by atoms with E-state index in [1.54, 1.807) is 0 Å². The third-order valence-electron chi connectivity index (χ3n) is 4.85. The van der Waals surface area contributed by atoms with E-state index in [1.807, 2.05) is 24.3 Å². The van der Waals surface area contributed by atoms with Crippen molar-refractivity contribution in [3.05, 3.63) is 77.5 Å². The lowest BCUT2D eigenvalue weighted by atomic mass is 9.89. The van der Waals surface area contributed by atoms with Crippen LogP contribution in [0.15, 0.2) is 66.4 Å². The first-order valence-electron chi connectivity index (χ1n) is 8.05. The molecule has 118 valence electrons. The number of aliphatic hydroxyl groups is 1. The molecule has 2 N–H and O–H groups in total. The van der Waals surface area contributed by atoms with Crippen LogP contribution in [-0.2, 0) is 4.79 Å². The van der Waals surface area contributed by atoms with Gasteiger partial charge in [0.15, 0.2) is 5.76 Å². The number of ketones is 1. The van der Waals surface area contributed by atoms with E-state index in [0.29, 0.717) is 11.1 Å². The highest BCUT2D eigenvalue weighted by atomic mass is 16.3. The molecule has 0 heterocycles. The highest BCUT2D eigenvalue weighted by molar-refractivity contribution is 6.52. The number of rotatable bonds is 0. The van der Waals surface area contributed by atoms with Crippen LogP contribution in [0.5, 0.6) is 0 Å². The molecule has 1 aliphatic carbocycles. The van der Waals surface area contributed by atoms with Gasteiger partial charge in [0.25, 0.3) is 0 Å². The van der Waals surface area contributed by atoms with Gasteiger partial charge in [0.05, 0.1) is 0 Å². The fourth-order valence-corrected chi connectivity index (χ4v) is 3.56. The summed E-state index contributed by atoms with van der Waals surface area (Å²) in [7, 11) is 0. The molecular weight excluding hydrogens is 310 g/mol. The molecule has 0 bridgehead atoms. The van der Waals surface area contributed by atoms with Crippen molar-refractivity contribution < 1.29 is 9.90 Å². The largest absolute Gasteiger partial charge is 0.504 e. The van der Waals surface area contributed by atoms with Crippen molar-refractivity contribution in [1.29, 1.82) is 5.41 Å². The normalized spacial score (nSPS) is 14.2. The maximum Gasteiger partial charge on any atom is 0.245 e. The summed E-state index contributed by atoms with van der Waals surface area (Å²) in [5.41, 5.74) is 1.11. The van der Waals surface area contributed by atoms with Gasteiger partial charge < -0.3 is 5.11 Å². The van der Waals surface area contributed by atoms with Gasteiger partial charge in [-0.2, -0.15) is 0 Å². The van der Waals surface area contributed by atoms with Crippen LogP contribution < -0.4 is 0 Å². The zero-order chi connectivity index (χ0) is 17.1. The molecule has 0 saturated carbocycles. The molecule has 3 nitrogen and oxygen atoms in total. The summed E-state index contributed by atoms with van der Waals surface area (Å²) < 4.78 is 0. The summed E-state index contributed by atoms with van der Waals surface area (Å²) in [5, 5.41) is 24.4. The molecule has 0 fully saturated rings. The molecule has 25 heavy (non-hydrogen) atoms. The van der Waals surface area contributed by atoms with Crippen molar-refractivity contribution >= 4 is 49.9 Å². The van der Waals surface area contributed by atoms with Crippen LogP contribution in [0.25, 0.3) is 38.4 Å². The third-order valence-corrected chi connectivity index (χ3v) is 4.85. The maximum absolute atomic E-state index is 11.8. The molecule has 0 aliphatic heterocycles. The van der Waals surface area contributed by atoms with Crippen LogP contribution in [0.3, 0.4) is 0 Å². The first kappa shape index (κ1) is 13.9. The van der Waals surface area contributed by atoms with E-state index in [-0.39, 0.29) is 11.5 Å². The number of fused-ring (bicyclic) bond motifs is 4. The van der Waals surface area contributed by atoms with E-state index >= 15 is 0 Å². The fourth-order valence-electron chi connectivity index (χ4n) is 3.56. The Hall–Kier alpha value is -3.46. The van der Waals surface area contributed by atoms with Gasteiger partial charge in [-0.05, 0) is 80.4 Å². The molecule has 4 aromatic carbocycles. The van der Waals surface area contributed by atoms with Crippen LogP contribution in [0.1, 0.15) is 11.1 Å². The van der Waals surface area contributed by atoms with E-state index in [1.165, 1.54) is 16.8 Å². The van der Waals surface area contributed by atoms with Gasteiger partial charge in [0.1, 0.15) is 5.71 Å². The van der Waals surface area contributed by atoms with Gasteiger partial charge in [-0.15, -0.1) is 0 Å². The molecule has 4 aromatic rings. The molecule has 0 amide bonds. The summed E-state index contributed by atoms with van der Waals surface area (Å²) in [6.45, 7) is 0. The van der Waals surface area contributed by atoms with Crippen molar-refractivity contribution in [3.8, 4) is 0 Å². The van der Waals surface area contributed by atoms with Gasteiger partial charge in [0, 0.05) is 5.56 Å². The Bertz CT molecular complexity index is 1280. The van der Waals surface area contributed by atoms with Crippen molar-refractivity contribution in [2.75, 3.05) is 0 Å². The minimum absolute atomic E-state index is 0.157. The first-order valence-corrected chi connectivity index (χ1v) is 8.05. The molecule has 0 saturated heterocycles. The fraction of sp³-hybridized carbons (Fsp3) is 0. The van der Waals surface area contributed by atoms with E-state index in [0.717, 1.165) is 21.5 Å². The lowest BCUT2D eigenvalue weighted by Crippen LogP contribution is -2.21. The lowest BCUT2D eigenvalue weighted by Gasteiger charge is -2.15. The molecule has 3 heteroatoms. The molecule has 0 spiro atoms. The number of Topliss-reactive ketones (excluding diaryl/α,β-unsaturated/α-hetero) is 1. The monoisotopic (exact) mass is 323 g/mol. The zero-order valence-electron chi connectivity index (χ0n) is 13.2. The van der Waals surface area contributed by atoms with E-state index in [9.17, 15) is 9.90 Å². The van der Waals surface area contributed by atoms with Crippen LogP contribution in [0.2, 0.25) is 0 Å². The van der Waals surface area contributed by atoms with Crippen molar-refractivity contribution in [1.82, 2.24) is 0 Å². The van der Waals surface area contributed by atoms with Crippen LogP contribution in [-0.4, -0.2) is 16.6 Å². The number of carbonyl (C=O) groups excluding carboxylic acids is 1. The highest BCUT2D eigenvalue weighted by Crippen LogP contribution is 2.31. The summed E-state index contributed by atoms with van der Waals surface area (Å²) in [4.78, 5) is 11.8. The number of aliphatic hydroxyl groups excluding tert-OH is 1. The van der Waals surface area contributed by atoms with Gasteiger partial charge >= 0.3 is 0 Å². The van der Waals surface area contributed by atoms with Crippen LogP contribution in [0, 0.1) is 5.41 Å². The standard InChI is InChI=1S/C22H13NO2/c23-21-19-10-17-8-15-6-13-4-2-1-3-12(13)5-14(15)7-16(17)9-18(19)11-20(24)22(21)25/h1-11,23-24H. The number of hydrogen-bond acceptors (Lipinski definition) is 3. The first-order chi connectivity index (χ1) is 12.1. The van der Waals surface area contributed by atoms with Crippen molar-refractivity contribution in [3.63, 3.8) is 0 Å². The van der Waals surface area contributed by atoms with Crippen molar-refractivity contribution in [2.45, 2.75) is 0 Å². The molecule has 0 unspecified atom stereocenters. The van der Waals surface area contributed by atoms with Gasteiger partial charge in [-0.25, -0.2) is 0 Å². The Morgan fingerprint density at radius 2 is 1.24 bits per heavy atom. The lowest BCUT2D eigenvalue weighted by molar-refractivity contribution is -0.111. The molecule has 0 atom stereocenters. The Labute approximate surface area is 143 Å². The third kappa shape index (κ3) is 1.99. The number of benzene rings is 4. The summed E-state index contributed by atoms with van der Waals surface area (Å²) in [5.74, 6) is -0.998. The summed E-state index contributed by atoms with van der Waals surface area (Å²) in [6, 6.07) is 20.6. The average Bonchev–Trinajstić information content (AvgIpc) is 2.62. The number of nitrogens with one attached hydrogen (secondary N) is 1. The van der Waals surface area contributed by atoms with Crippen LogP contribution in [0.4, 0.5) is 0 Å². The molecule has 0 aromatic heterocycles. The zero-order valence-corrected chi connectivity index (χ0v) is 13.2. The predicted molar refractivity (Wildman–Crippen MR) is 101 cm³/mol. The SMILES string of the molecule is N=C1C(=O)C(O)=Cc2cc3cc4cc5ccccc5cc4cc3cc21. The van der Waals surface area contributed by atoms with E-state index in [4.69, 9.17) is 5.41 Å². The topological polar surface area (TPSA) is 61.2 Å². The Morgan fingerprint density at radius 3 is 1.88 bits per heavy atom. The smallest absolute Gasteiger partial charge is 0.245 e. The van der Waals surface area contributed by atoms with Gasteiger partial charge in [-0.1, -0.05) is 24.3 Å². The molecule has 0 radical (unpaired) electrons. The minimum Gasteiger partial charge on any atom is -0.504 e. The van der Waals surface area contributed by atoms with E-state index < -0.39 is 5.78 Å². The predicted octanol–water partition coefficient (Wildman–Crippen LogP) is 5.00. The number of allylic oxidation sites excluding steroid dienone is 1. The number of carbonyl (C=O) groups is 1. The Balaban J connectivity index is 1.85. The van der Waals surface area contributed by atoms with Gasteiger partial charge in [0.2, 0.25) is 5.78 Å². The highest BCUT2D eigenvalue weighted by Gasteiger charge is 2.24. The van der Waals surface area contributed by atoms with Crippen LogP contribution >= 0.6 is 0 Å². The number of hydrogen-bond donors (Lipinski definition) is 2. The molecule has 5 rings (SSSR count). The second-order valence-corrected chi connectivity index (χ2v) is 6.42. The minimum atomic E-state index is -0.626. The average molecular weight is 323 g/mol. The van der Waals surface area contributed by atoms with Crippen molar-refractivity contribution in [2.24, 2.45) is 0 Å². The maximum atomic E-state index is 11.8. The van der Waals surface area contributed by atoms with E-state index in [2.05, 4.69) is 36.4 Å². The molecular formula is C22H13NO2. The second kappa shape index (κ2) is 4.77. The summed E-state index contributed by atoms with van der Waals surface area (Å²) in [6.07, 6.45) is 1.44. The Kier molecular flexibility index (Phi) is 2.66. The second-order valence-electron chi connectivity index (χ2n) is 6.42. The quantitative estimate of drug-likeness (QED) is 0.448. The molecule has 1 aliphatic rings.